The predicted molar refractivity (Wildman–Crippen MR) is 268 cm³/mol. The lowest BCUT2D eigenvalue weighted by molar-refractivity contribution is -0.0403. The van der Waals surface area contributed by atoms with Gasteiger partial charge in [-0.05, 0) is 114 Å². The molecule has 0 spiro atoms. The van der Waals surface area contributed by atoms with Gasteiger partial charge in [0.1, 0.15) is 45.7 Å². The number of benzene rings is 2. The van der Waals surface area contributed by atoms with Crippen LogP contribution < -0.4 is 10.6 Å². The highest BCUT2D eigenvalue weighted by atomic mass is 19.1. The van der Waals surface area contributed by atoms with Crippen LogP contribution in [0.25, 0.3) is 44.6 Å². The number of halogens is 4. The summed E-state index contributed by atoms with van der Waals surface area (Å²) in [4.78, 5) is 49.1. The van der Waals surface area contributed by atoms with Crippen LogP contribution >= 0.6 is 0 Å². The Morgan fingerprint density at radius 2 is 1.47 bits per heavy atom. The number of aromatic nitrogens is 9. The van der Waals surface area contributed by atoms with E-state index in [1.54, 1.807) is 24.3 Å². The molecule has 0 radical (unpaired) electrons. The molecule has 7 aromatic rings. The lowest BCUT2D eigenvalue weighted by Gasteiger charge is -2.40. The number of aryl methyl sites for hydroxylation is 2. The lowest BCUT2D eigenvalue weighted by Crippen LogP contribution is -2.49. The van der Waals surface area contributed by atoms with Crippen LogP contribution in [0.5, 0.6) is 0 Å². The standard InChI is InChI=1S/C53H55F4N13O2/c1-7-8-36-26-68(15-16-72-36)51(33-10-13-45(59-23-33)64-53-61-24-40(56)47(66-53)34-18-38(54)49-42(20-34)69(28(2)3)30(6)62-49)37-17-32(37)11-14-46-65-50-39(55)19-35(21-43(50)70(46)29(4)5)48-41(57)25-60-52(67-48)63-44-12-9-31(27-71)22-58-44/h7,9,12,18-25,27-29,32,36-37,51H,1,8,10-11,13-17,26H2,2-6H3,(H,58,60,63,67)(H,59,61,64,66)/t32?,36-,37+,51?/m0/s1. The van der Waals surface area contributed by atoms with E-state index in [2.05, 4.69) is 52.0 Å². The Morgan fingerprint density at radius 3 is 2.08 bits per heavy atom. The van der Waals surface area contributed by atoms with Gasteiger partial charge >= 0.3 is 0 Å². The van der Waals surface area contributed by atoms with E-state index in [4.69, 9.17) is 14.7 Å². The number of carbonyl (C=O) groups excluding carboxylic acids is 1. The van der Waals surface area contributed by atoms with E-state index in [1.165, 1.54) is 23.9 Å². The summed E-state index contributed by atoms with van der Waals surface area (Å²) in [6, 6.07) is 9.14. The second-order valence-electron chi connectivity index (χ2n) is 19.3. The summed E-state index contributed by atoms with van der Waals surface area (Å²) in [7, 11) is 0. The number of fused-ring (bicyclic) bond motifs is 2. The van der Waals surface area contributed by atoms with Gasteiger partial charge in [-0.1, -0.05) is 6.08 Å². The van der Waals surface area contributed by atoms with Crippen molar-refractivity contribution in [3.8, 4) is 22.5 Å². The maximum Gasteiger partial charge on any atom is 0.229 e. The van der Waals surface area contributed by atoms with Gasteiger partial charge in [0.2, 0.25) is 11.9 Å². The summed E-state index contributed by atoms with van der Waals surface area (Å²) in [5.41, 5.74) is 3.53. The molecule has 5 aromatic heterocycles. The van der Waals surface area contributed by atoms with Gasteiger partial charge in [0.15, 0.2) is 29.6 Å². The first-order valence-corrected chi connectivity index (χ1v) is 24.4. The van der Waals surface area contributed by atoms with E-state index in [-0.39, 0.29) is 69.7 Å². The molecular formula is C53H55F4N13O2. The molecule has 72 heavy (non-hydrogen) atoms. The number of hydrogen-bond acceptors (Lipinski definition) is 13. The molecule has 1 saturated carbocycles. The molecule has 3 aliphatic rings. The minimum absolute atomic E-state index is 0.0122. The molecule has 19 heteroatoms. The number of imidazole rings is 2. The number of hydrogen-bond donors (Lipinski definition) is 2. The Bertz CT molecular complexity index is 3280. The molecule has 15 nitrogen and oxygen atoms in total. The fourth-order valence-corrected chi connectivity index (χ4v) is 10.5. The molecule has 1 aliphatic carbocycles. The normalized spacial score (nSPS) is 18.7. The average molecular weight is 982 g/mol. The minimum atomic E-state index is -0.721. The van der Waals surface area contributed by atoms with E-state index < -0.39 is 23.3 Å². The number of anilines is 3. The highest BCUT2D eigenvalue weighted by molar-refractivity contribution is 5.95. The summed E-state index contributed by atoms with van der Waals surface area (Å²) in [5, 5.41) is 6.12. The largest absolute Gasteiger partial charge is 0.375 e. The molecule has 1 saturated heterocycles. The quantitative estimate of drug-likeness (QED) is 0.0535. The number of amidine groups is 1. The lowest BCUT2D eigenvalue weighted by atomic mass is 9.93. The minimum Gasteiger partial charge on any atom is -0.375 e. The Hall–Kier alpha value is -7.25. The van der Waals surface area contributed by atoms with Crippen molar-refractivity contribution in [3.05, 3.63) is 120 Å². The number of nitrogens with one attached hydrogen (secondary N) is 2. The van der Waals surface area contributed by atoms with Gasteiger partial charge in [0.05, 0.1) is 36.1 Å². The molecular weight excluding hydrogens is 927 g/mol. The summed E-state index contributed by atoms with van der Waals surface area (Å²) >= 11 is 0. The van der Waals surface area contributed by atoms with E-state index in [0.29, 0.717) is 71.6 Å². The fourth-order valence-electron chi connectivity index (χ4n) is 10.5. The maximum absolute atomic E-state index is 16.1. The van der Waals surface area contributed by atoms with Crippen LogP contribution in [-0.2, 0) is 11.2 Å². The molecule has 0 amide bonds. The number of nitrogens with zero attached hydrogens (tertiary/aromatic N) is 11. The third-order valence-electron chi connectivity index (χ3n) is 13.8. The van der Waals surface area contributed by atoms with E-state index >= 15 is 17.6 Å². The number of aliphatic imine (C=N–C) groups is 1. The van der Waals surface area contributed by atoms with Crippen molar-refractivity contribution in [2.75, 3.05) is 30.3 Å². The molecule has 2 aliphatic heterocycles. The molecule has 2 unspecified atom stereocenters. The second kappa shape index (κ2) is 20.1. The summed E-state index contributed by atoms with van der Waals surface area (Å²) in [6.45, 7) is 15.9. The van der Waals surface area contributed by atoms with E-state index in [9.17, 15) is 4.79 Å². The molecule has 7 heterocycles. The van der Waals surface area contributed by atoms with Crippen LogP contribution in [0.2, 0.25) is 0 Å². The van der Waals surface area contributed by atoms with Gasteiger partial charge in [0.25, 0.3) is 0 Å². The monoisotopic (exact) mass is 981 g/mol. The van der Waals surface area contributed by atoms with Crippen molar-refractivity contribution in [3.63, 3.8) is 0 Å². The first-order valence-electron chi connectivity index (χ1n) is 24.4. The Kier molecular flexibility index (Phi) is 13.5. The van der Waals surface area contributed by atoms with Crippen molar-refractivity contribution in [2.45, 2.75) is 97.4 Å². The highest BCUT2D eigenvalue weighted by Crippen LogP contribution is 2.49. The van der Waals surface area contributed by atoms with Crippen LogP contribution in [0.4, 0.5) is 35.3 Å². The van der Waals surface area contributed by atoms with Crippen LogP contribution in [0.3, 0.4) is 0 Å². The number of pyridine rings is 1. The van der Waals surface area contributed by atoms with Gasteiger partial charge in [-0.2, -0.15) is 0 Å². The topological polar surface area (TPSA) is 166 Å². The number of carbonyl (C=O) groups is 1. The number of ether oxygens (including phenoxy) is 1. The van der Waals surface area contributed by atoms with E-state index in [0.717, 1.165) is 57.0 Å². The van der Waals surface area contributed by atoms with E-state index in [1.807, 2.05) is 56.0 Å². The Labute approximate surface area is 413 Å². The van der Waals surface area contributed by atoms with Gasteiger partial charge in [-0.15, -0.1) is 6.58 Å². The Balaban J connectivity index is 0.875. The summed E-state index contributed by atoms with van der Waals surface area (Å²) in [5.74, 6) is 0.757. The average Bonchev–Trinajstić information content (AvgIpc) is 3.87. The predicted octanol–water partition coefficient (Wildman–Crippen LogP) is 10.7. The van der Waals surface area contributed by atoms with Gasteiger partial charge in [0, 0.05) is 73.1 Å². The third kappa shape index (κ3) is 9.74. The van der Waals surface area contributed by atoms with Crippen molar-refractivity contribution in [2.24, 2.45) is 16.8 Å². The smallest absolute Gasteiger partial charge is 0.229 e. The van der Waals surface area contributed by atoms with Crippen molar-refractivity contribution in [1.82, 2.24) is 48.9 Å². The zero-order valence-corrected chi connectivity index (χ0v) is 40.7. The SMILES string of the molecule is C=CC[C@H]1CN(C(C2=CN=C(Nc3ncc(F)c(-c4cc(F)c5nc(C)n(C(C)C)c5c4)n3)CC2)[C@@H]2CC2CCc2nc3c(F)cc(-c4nc(Nc5ccc(C=O)cn5)ncc4F)cc3n2C(C)C)CCO1. The molecule has 2 N–H and O–H groups in total. The van der Waals surface area contributed by atoms with Crippen molar-refractivity contribution in [1.29, 1.82) is 0 Å². The first kappa shape index (κ1) is 48.4. The number of morpholine rings is 1. The Morgan fingerprint density at radius 1 is 0.806 bits per heavy atom. The zero-order chi connectivity index (χ0) is 50.4. The van der Waals surface area contributed by atoms with Gasteiger partial charge in [-0.25, -0.2) is 57.4 Å². The number of aldehydes is 1. The maximum atomic E-state index is 16.1. The molecule has 372 valence electrons. The third-order valence-corrected chi connectivity index (χ3v) is 13.8. The zero-order valence-electron chi connectivity index (χ0n) is 40.7. The van der Waals surface area contributed by atoms with Gasteiger partial charge < -0.3 is 24.5 Å². The molecule has 4 atom stereocenters. The van der Waals surface area contributed by atoms with Crippen LogP contribution in [0.1, 0.15) is 93.9 Å². The van der Waals surface area contributed by atoms with Crippen molar-refractivity contribution >= 4 is 51.9 Å². The van der Waals surface area contributed by atoms with Gasteiger partial charge in [-0.3, -0.25) is 9.69 Å². The molecule has 0 bridgehead atoms. The first-order chi connectivity index (χ1) is 34.8. The summed E-state index contributed by atoms with van der Waals surface area (Å²) < 4.78 is 72.3. The molecule has 2 fully saturated rings. The van der Waals surface area contributed by atoms with Crippen LogP contribution in [0.15, 0.2) is 84.4 Å². The second-order valence-corrected chi connectivity index (χ2v) is 19.3. The molecule has 2 aromatic carbocycles. The summed E-state index contributed by atoms with van der Waals surface area (Å²) in [6.07, 6.45) is 12.5. The highest BCUT2D eigenvalue weighted by Gasteiger charge is 2.47. The molecule has 10 rings (SSSR count). The van der Waals surface area contributed by atoms with Crippen LogP contribution in [-0.4, -0.2) is 92.9 Å². The van der Waals surface area contributed by atoms with Crippen LogP contribution in [0, 0.1) is 42.0 Å². The number of rotatable bonds is 16. The van der Waals surface area contributed by atoms with Crippen molar-refractivity contribution < 1.29 is 27.1 Å². The fraction of sp³-hybridized carbons (Fsp3) is 0.377.